The molecule has 1 amide bonds. The van der Waals surface area contributed by atoms with E-state index in [4.69, 9.17) is 19.5 Å². The summed E-state index contributed by atoms with van der Waals surface area (Å²) in [5.74, 6) is -5.46. The average molecular weight is 789 g/mol. The summed E-state index contributed by atoms with van der Waals surface area (Å²) in [6.07, 6.45) is 6.23. The number of ketones is 1. The zero-order valence-corrected chi connectivity index (χ0v) is 34.8. The number of aliphatic hydroxyl groups excluding tert-OH is 3. The lowest BCUT2D eigenvalue weighted by atomic mass is 9.77. The average Bonchev–Trinajstić information content (AvgIpc) is 3.67. The summed E-state index contributed by atoms with van der Waals surface area (Å²) in [7, 11) is 0. The van der Waals surface area contributed by atoms with E-state index in [2.05, 4.69) is 24.1 Å². The van der Waals surface area contributed by atoms with Crippen LogP contribution in [0.5, 0.6) is 17.2 Å². The lowest BCUT2D eigenvalue weighted by Gasteiger charge is -2.36. The van der Waals surface area contributed by atoms with Crippen LogP contribution in [-0.4, -0.2) is 91.5 Å². The summed E-state index contributed by atoms with van der Waals surface area (Å²) in [6, 6.07) is 0. The van der Waals surface area contributed by atoms with E-state index in [1.165, 1.54) is 13.2 Å². The van der Waals surface area contributed by atoms with Gasteiger partial charge in [0.15, 0.2) is 11.4 Å². The number of amides is 1. The molecule has 13 heteroatoms. The number of piperidine rings is 1. The molecule has 2 aromatic carbocycles. The van der Waals surface area contributed by atoms with Gasteiger partial charge in [0.05, 0.1) is 40.9 Å². The number of carbonyl (C=O) groups excluding carboxylic acids is 2. The lowest BCUT2D eigenvalue weighted by Crippen LogP contribution is -2.43. The van der Waals surface area contributed by atoms with Crippen LogP contribution in [0.1, 0.15) is 91.1 Å². The first-order chi connectivity index (χ1) is 26.7. The van der Waals surface area contributed by atoms with Crippen LogP contribution in [0.3, 0.4) is 0 Å². The third-order valence-corrected chi connectivity index (χ3v) is 12.8. The van der Waals surface area contributed by atoms with Crippen molar-refractivity contribution >= 4 is 28.2 Å². The minimum absolute atomic E-state index is 0.0344. The Morgan fingerprint density at radius 2 is 1.47 bits per heavy atom. The molecule has 5 bridgehead atoms. The molecule has 2 aromatic rings. The Morgan fingerprint density at radius 3 is 2.12 bits per heavy atom. The normalized spacial score (nSPS) is 34.2. The third kappa shape index (κ3) is 7.59. The maximum Gasteiger partial charge on any atom is 0.312 e. The Kier molecular flexibility index (Phi) is 11.7. The van der Waals surface area contributed by atoms with Crippen molar-refractivity contribution in [3.63, 3.8) is 0 Å². The van der Waals surface area contributed by atoms with Crippen molar-refractivity contribution in [2.45, 2.75) is 112 Å². The number of Topliss-reactive ketones (excluding diaryl/α,β-unsaturated/α-hetero) is 1. The fourth-order valence-corrected chi connectivity index (χ4v) is 8.68. The maximum atomic E-state index is 14.6. The number of nitrogens with zero attached hydrogens (tertiary/aromatic N) is 3. The zero-order chi connectivity index (χ0) is 41.9. The van der Waals surface area contributed by atoms with Gasteiger partial charge in [-0.25, -0.2) is 0 Å². The van der Waals surface area contributed by atoms with Gasteiger partial charge in [-0.05, 0) is 37.7 Å². The molecule has 0 aromatic heterocycles. The van der Waals surface area contributed by atoms with E-state index in [1.807, 2.05) is 20.8 Å². The van der Waals surface area contributed by atoms with Crippen molar-refractivity contribution in [3.8, 4) is 17.2 Å². The topological polar surface area (TPSA) is 194 Å². The van der Waals surface area contributed by atoms with Crippen LogP contribution in [0.2, 0.25) is 0 Å². The van der Waals surface area contributed by atoms with E-state index in [1.54, 1.807) is 52.0 Å². The predicted molar refractivity (Wildman–Crippen MR) is 217 cm³/mol. The van der Waals surface area contributed by atoms with Crippen molar-refractivity contribution in [2.75, 3.05) is 25.0 Å². The highest BCUT2D eigenvalue weighted by Gasteiger charge is 2.50. The molecular weight excluding hydrogens is 729 g/mol. The Labute approximate surface area is 334 Å². The summed E-state index contributed by atoms with van der Waals surface area (Å²) in [6.45, 7) is 20.4. The van der Waals surface area contributed by atoms with E-state index in [0.29, 0.717) is 18.8 Å². The van der Waals surface area contributed by atoms with Crippen molar-refractivity contribution < 1.29 is 44.6 Å². The van der Waals surface area contributed by atoms with Crippen LogP contribution in [0.15, 0.2) is 46.1 Å². The molecule has 0 saturated carbocycles. The molecule has 0 unspecified atom stereocenters. The first-order valence-electron chi connectivity index (χ1n) is 20.3. The van der Waals surface area contributed by atoms with Gasteiger partial charge >= 0.3 is 5.79 Å². The molecule has 0 radical (unpaired) electrons. The van der Waals surface area contributed by atoms with E-state index in [0.717, 1.165) is 19.6 Å². The molecule has 9 atom stereocenters. The molecule has 6 N–H and O–H groups in total. The number of aliphatic hydroxyl groups is 3. The van der Waals surface area contributed by atoms with Gasteiger partial charge in [0.2, 0.25) is 0 Å². The van der Waals surface area contributed by atoms with Crippen molar-refractivity contribution in [2.24, 2.45) is 45.5 Å². The molecular formula is C44H60N4O9. The number of phenolic OH excluding ortho intramolecular Hbond substituents is 2. The first-order valence-corrected chi connectivity index (χ1v) is 20.3. The highest BCUT2D eigenvalue weighted by Crippen LogP contribution is 2.50. The van der Waals surface area contributed by atoms with Crippen molar-refractivity contribution in [1.82, 2.24) is 4.90 Å². The standard InChI is InChI=1S/C44H60N4O9/c1-21(2)20-48-17-15-44(16-18-48)46-32-29-30-38(52)28(9)40-31(29)41(54)43(10,57-40)56-19-14-22(3)25(6)36(50)27(8)37(51)26(7)35(49)23(4)12-11-13-24(5)42(55)45-34(39(30)53)33(32)47-44/h11-14,19,21-23,25-27,35-37,49-53H,15-18,20H2,1-10H3,(H,45,55)/b12-11+,19-14+,24-13-/t22-,23-,25+,26+,27-,35-,36+,37+,43-/m0/s1. The van der Waals surface area contributed by atoms with Crippen molar-refractivity contribution in [1.29, 1.82) is 0 Å². The molecule has 7 rings (SSSR count). The van der Waals surface area contributed by atoms with Crippen LogP contribution in [0, 0.1) is 42.4 Å². The monoisotopic (exact) mass is 788 g/mol. The van der Waals surface area contributed by atoms with Gasteiger partial charge in [-0.15, -0.1) is 0 Å². The van der Waals surface area contributed by atoms with E-state index >= 15 is 0 Å². The largest absolute Gasteiger partial charge is 0.507 e. The molecule has 13 nitrogen and oxygen atoms in total. The number of carbonyl (C=O) groups is 2. The number of nitrogens with one attached hydrogen (secondary N) is 1. The number of benzene rings is 2. The number of phenols is 2. The van der Waals surface area contributed by atoms with Crippen LogP contribution in [-0.2, 0) is 9.53 Å². The van der Waals surface area contributed by atoms with Gasteiger partial charge in [-0.3, -0.25) is 19.6 Å². The number of ether oxygens (including phenoxy) is 2. The Bertz CT molecular complexity index is 2150. The fourth-order valence-electron chi connectivity index (χ4n) is 8.68. The summed E-state index contributed by atoms with van der Waals surface area (Å²) in [4.78, 5) is 41.1. The second kappa shape index (κ2) is 15.8. The third-order valence-electron chi connectivity index (χ3n) is 12.8. The minimum Gasteiger partial charge on any atom is -0.507 e. The number of anilines is 1. The van der Waals surface area contributed by atoms with Crippen LogP contribution >= 0.6 is 0 Å². The van der Waals surface area contributed by atoms with Gasteiger partial charge < -0.3 is 45.2 Å². The van der Waals surface area contributed by atoms with Gasteiger partial charge in [-0.2, -0.15) is 0 Å². The molecule has 1 saturated heterocycles. The first kappa shape index (κ1) is 42.3. The summed E-state index contributed by atoms with van der Waals surface area (Å²) < 4.78 is 12.3. The van der Waals surface area contributed by atoms with Gasteiger partial charge in [0.1, 0.15) is 22.5 Å². The smallest absolute Gasteiger partial charge is 0.312 e. The molecule has 310 valence electrons. The number of allylic oxidation sites excluding steroid dienone is 3. The second-order valence-electron chi connectivity index (χ2n) is 17.5. The van der Waals surface area contributed by atoms with Gasteiger partial charge in [0.25, 0.3) is 11.7 Å². The number of aromatic hydroxyl groups is 2. The highest BCUT2D eigenvalue weighted by molar-refractivity contribution is 6.19. The summed E-state index contributed by atoms with van der Waals surface area (Å²) in [5, 5.41) is 61.0. The zero-order valence-electron chi connectivity index (χ0n) is 34.8. The predicted octanol–water partition coefficient (Wildman–Crippen LogP) is 4.80. The minimum atomic E-state index is -1.87. The fraction of sp³-hybridized carbons (Fsp3) is 0.591. The van der Waals surface area contributed by atoms with E-state index in [-0.39, 0.29) is 67.2 Å². The van der Waals surface area contributed by atoms with Crippen LogP contribution in [0.25, 0.3) is 10.8 Å². The molecule has 5 aliphatic heterocycles. The molecule has 57 heavy (non-hydrogen) atoms. The second-order valence-corrected chi connectivity index (χ2v) is 17.5. The molecule has 1 spiro atoms. The van der Waals surface area contributed by atoms with Crippen LogP contribution in [0.4, 0.5) is 5.69 Å². The molecule has 1 fully saturated rings. The van der Waals surface area contributed by atoms with Gasteiger partial charge in [0, 0.05) is 73.7 Å². The lowest BCUT2D eigenvalue weighted by molar-refractivity contribution is -0.112. The Hall–Kier alpha value is -4.30. The van der Waals surface area contributed by atoms with Crippen molar-refractivity contribution in [3.05, 3.63) is 58.0 Å². The Balaban J connectivity index is 1.53. The van der Waals surface area contributed by atoms with Crippen LogP contribution < -0.4 is 20.8 Å². The quantitative estimate of drug-likeness (QED) is 0.230. The van der Waals surface area contributed by atoms with E-state index in [9.17, 15) is 35.1 Å². The molecule has 0 aliphatic carbocycles. The molecule has 5 heterocycles. The number of rotatable bonds is 2. The SMILES string of the molecule is C/C1=C/C=C/[C@H](C)[C@H](O)[C@@H](C)[C@@H](O)[C@@H](C)[C@H](O)[C@H](C)[C@@H](C)/C=C/O[C@@]2(C)Oc3c(C)c(O)c4c(O)c(c5c(c4c3C2=O)=NC2(CCN(CC(C)C)CC2)N=5)NC1=O. The summed E-state index contributed by atoms with van der Waals surface area (Å²) >= 11 is 0. The van der Waals surface area contributed by atoms with E-state index < -0.39 is 65.0 Å². The van der Waals surface area contributed by atoms with Gasteiger partial charge in [-0.1, -0.05) is 66.7 Å². The highest BCUT2D eigenvalue weighted by atomic mass is 16.7. The number of likely N-dealkylation sites (tertiary alicyclic amines) is 1. The molecule has 5 aliphatic rings. The number of hydrogen-bond donors (Lipinski definition) is 6. The maximum absolute atomic E-state index is 14.6. The summed E-state index contributed by atoms with van der Waals surface area (Å²) in [5.41, 5.74) is -0.421. The number of hydrogen-bond acceptors (Lipinski definition) is 12. The Morgan fingerprint density at radius 1 is 0.860 bits per heavy atom. The number of fused-ring (bicyclic) bond motifs is 13.